The van der Waals surface area contributed by atoms with Crippen LogP contribution in [-0.4, -0.2) is 23.2 Å². The standard InChI is InChI=1S/C10H8F2N4OS/c1-13-10-16-15-9(18-10)8(17)14-5-2-3-6(11)7(12)4-5/h2-4H,1H3,(H,13,16)(H,14,17). The van der Waals surface area contributed by atoms with Crippen molar-refractivity contribution < 1.29 is 13.6 Å². The van der Waals surface area contributed by atoms with Crippen molar-refractivity contribution in [2.24, 2.45) is 0 Å². The van der Waals surface area contributed by atoms with Crippen LogP contribution >= 0.6 is 11.3 Å². The van der Waals surface area contributed by atoms with Crippen LogP contribution in [-0.2, 0) is 0 Å². The van der Waals surface area contributed by atoms with E-state index in [0.717, 1.165) is 23.5 Å². The highest BCUT2D eigenvalue weighted by molar-refractivity contribution is 7.17. The molecule has 0 fully saturated rings. The molecule has 5 nitrogen and oxygen atoms in total. The van der Waals surface area contributed by atoms with Crippen molar-refractivity contribution in [3.63, 3.8) is 0 Å². The maximum absolute atomic E-state index is 12.9. The number of aromatic nitrogens is 2. The number of benzene rings is 1. The van der Waals surface area contributed by atoms with Gasteiger partial charge in [-0.05, 0) is 12.1 Å². The molecular weight excluding hydrogens is 262 g/mol. The molecule has 0 aliphatic carbocycles. The van der Waals surface area contributed by atoms with E-state index in [0.29, 0.717) is 5.13 Å². The molecular formula is C10H8F2N4OS. The van der Waals surface area contributed by atoms with Crippen LogP contribution in [0, 0.1) is 11.6 Å². The minimum absolute atomic E-state index is 0.129. The Morgan fingerprint density at radius 1 is 1.28 bits per heavy atom. The van der Waals surface area contributed by atoms with Crippen LogP contribution < -0.4 is 10.6 Å². The smallest absolute Gasteiger partial charge is 0.286 e. The van der Waals surface area contributed by atoms with Crippen LogP contribution in [0.2, 0.25) is 0 Å². The maximum atomic E-state index is 12.9. The van der Waals surface area contributed by atoms with Crippen molar-refractivity contribution in [1.82, 2.24) is 10.2 Å². The molecule has 2 aromatic rings. The monoisotopic (exact) mass is 270 g/mol. The number of hydrogen-bond donors (Lipinski definition) is 2. The summed E-state index contributed by atoms with van der Waals surface area (Å²) in [6.45, 7) is 0. The molecule has 1 aromatic heterocycles. The zero-order valence-corrected chi connectivity index (χ0v) is 10.0. The molecule has 2 rings (SSSR count). The number of carbonyl (C=O) groups excluding carboxylic acids is 1. The van der Waals surface area contributed by atoms with Gasteiger partial charge in [0.25, 0.3) is 5.91 Å². The van der Waals surface area contributed by atoms with E-state index in [1.807, 2.05) is 0 Å². The van der Waals surface area contributed by atoms with Crippen LogP contribution in [0.1, 0.15) is 9.80 Å². The van der Waals surface area contributed by atoms with Gasteiger partial charge in [-0.25, -0.2) is 8.78 Å². The number of halogens is 2. The summed E-state index contributed by atoms with van der Waals surface area (Å²) in [7, 11) is 1.65. The fourth-order valence-electron chi connectivity index (χ4n) is 1.17. The Hall–Kier alpha value is -2.09. The van der Waals surface area contributed by atoms with Crippen LogP contribution in [0.3, 0.4) is 0 Å². The third kappa shape index (κ3) is 2.59. The van der Waals surface area contributed by atoms with Crippen molar-refractivity contribution >= 4 is 28.1 Å². The average molecular weight is 270 g/mol. The molecule has 1 amide bonds. The Morgan fingerprint density at radius 2 is 2.06 bits per heavy atom. The van der Waals surface area contributed by atoms with Crippen LogP contribution in [0.5, 0.6) is 0 Å². The highest BCUT2D eigenvalue weighted by atomic mass is 32.1. The van der Waals surface area contributed by atoms with Gasteiger partial charge in [0.2, 0.25) is 10.1 Å². The third-order valence-electron chi connectivity index (χ3n) is 2.01. The van der Waals surface area contributed by atoms with Crippen molar-refractivity contribution in [3.8, 4) is 0 Å². The zero-order valence-electron chi connectivity index (χ0n) is 9.20. The van der Waals surface area contributed by atoms with Gasteiger partial charge >= 0.3 is 0 Å². The Kier molecular flexibility index (Phi) is 3.47. The molecule has 94 valence electrons. The highest BCUT2D eigenvalue weighted by Gasteiger charge is 2.13. The summed E-state index contributed by atoms with van der Waals surface area (Å²) in [4.78, 5) is 11.7. The van der Waals surface area contributed by atoms with Gasteiger partial charge in [0.15, 0.2) is 11.6 Å². The van der Waals surface area contributed by atoms with E-state index in [4.69, 9.17) is 0 Å². The second kappa shape index (κ2) is 5.05. The van der Waals surface area contributed by atoms with E-state index in [1.165, 1.54) is 6.07 Å². The Morgan fingerprint density at radius 3 is 2.67 bits per heavy atom. The number of rotatable bonds is 3. The fraction of sp³-hybridized carbons (Fsp3) is 0.100. The van der Waals surface area contributed by atoms with Gasteiger partial charge in [0.1, 0.15) is 0 Å². The largest absolute Gasteiger partial charge is 0.363 e. The molecule has 1 aromatic carbocycles. The maximum Gasteiger partial charge on any atom is 0.286 e. The lowest BCUT2D eigenvalue weighted by Crippen LogP contribution is -2.11. The Bertz CT molecular complexity index is 587. The molecule has 0 radical (unpaired) electrons. The predicted octanol–water partition coefficient (Wildman–Crippen LogP) is 2.11. The quantitative estimate of drug-likeness (QED) is 0.896. The van der Waals surface area contributed by atoms with Gasteiger partial charge < -0.3 is 10.6 Å². The van der Waals surface area contributed by atoms with E-state index >= 15 is 0 Å². The second-order valence-electron chi connectivity index (χ2n) is 3.25. The lowest BCUT2D eigenvalue weighted by atomic mass is 10.3. The van der Waals surface area contributed by atoms with Crippen LogP contribution in [0.4, 0.5) is 19.6 Å². The van der Waals surface area contributed by atoms with E-state index in [1.54, 1.807) is 7.05 Å². The van der Waals surface area contributed by atoms with Gasteiger partial charge in [-0.15, -0.1) is 10.2 Å². The van der Waals surface area contributed by atoms with Gasteiger partial charge in [-0.1, -0.05) is 11.3 Å². The van der Waals surface area contributed by atoms with E-state index in [9.17, 15) is 13.6 Å². The molecule has 0 saturated heterocycles. The van der Waals surface area contributed by atoms with Crippen molar-refractivity contribution in [1.29, 1.82) is 0 Å². The summed E-state index contributed by atoms with van der Waals surface area (Å²) >= 11 is 1.05. The third-order valence-corrected chi connectivity index (χ3v) is 2.95. The van der Waals surface area contributed by atoms with E-state index in [2.05, 4.69) is 20.8 Å². The number of hydrogen-bond acceptors (Lipinski definition) is 5. The van der Waals surface area contributed by atoms with E-state index < -0.39 is 17.5 Å². The molecule has 0 aliphatic rings. The summed E-state index contributed by atoms with van der Waals surface area (Å²) < 4.78 is 25.6. The molecule has 1 heterocycles. The van der Waals surface area contributed by atoms with Crippen molar-refractivity contribution in [2.45, 2.75) is 0 Å². The molecule has 18 heavy (non-hydrogen) atoms. The molecule has 2 N–H and O–H groups in total. The summed E-state index contributed by atoms with van der Waals surface area (Å²) in [5.74, 6) is -2.53. The van der Waals surface area contributed by atoms with Gasteiger partial charge in [0.05, 0.1) is 0 Å². The number of carbonyl (C=O) groups is 1. The number of amides is 1. The normalized spacial score (nSPS) is 10.2. The number of anilines is 2. The Balaban J connectivity index is 2.13. The van der Waals surface area contributed by atoms with Gasteiger partial charge in [-0.2, -0.15) is 0 Å². The first-order valence-electron chi connectivity index (χ1n) is 4.88. The van der Waals surface area contributed by atoms with Gasteiger partial charge in [0, 0.05) is 18.8 Å². The molecule has 0 spiro atoms. The van der Waals surface area contributed by atoms with Gasteiger partial charge in [-0.3, -0.25) is 4.79 Å². The SMILES string of the molecule is CNc1nnc(C(=O)Nc2ccc(F)c(F)c2)s1. The molecule has 0 unspecified atom stereocenters. The van der Waals surface area contributed by atoms with Crippen LogP contribution in [0.25, 0.3) is 0 Å². The second-order valence-corrected chi connectivity index (χ2v) is 4.22. The first-order valence-corrected chi connectivity index (χ1v) is 5.69. The summed E-state index contributed by atoms with van der Waals surface area (Å²) in [6.07, 6.45) is 0. The molecule has 0 saturated carbocycles. The number of nitrogens with one attached hydrogen (secondary N) is 2. The summed E-state index contributed by atoms with van der Waals surface area (Å²) in [5.41, 5.74) is 0.153. The van der Waals surface area contributed by atoms with E-state index in [-0.39, 0.29) is 10.7 Å². The minimum atomic E-state index is -1.03. The molecule has 0 aliphatic heterocycles. The fourth-order valence-corrected chi connectivity index (χ4v) is 1.77. The van der Waals surface area contributed by atoms with Crippen molar-refractivity contribution in [3.05, 3.63) is 34.8 Å². The predicted molar refractivity (Wildman–Crippen MR) is 63.8 cm³/mol. The molecule has 0 bridgehead atoms. The topological polar surface area (TPSA) is 66.9 Å². The van der Waals surface area contributed by atoms with Crippen LogP contribution in [0.15, 0.2) is 18.2 Å². The molecule has 0 atom stereocenters. The Labute approximate surface area is 105 Å². The molecule has 8 heteroatoms. The summed E-state index contributed by atoms with van der Waals surface area (Å²) in [6, 6.07) is 3.09. The zero-order chi connectivity index (χ0) is 13.1. The highest BCUT2D eigenvalue weighted by Crippen LogP contribution is 2.17. The number of nitrogens with zero attached hydrogens (tertiary/aromatic N) is 2. The minimum Gasteiger partial charge on any atom is -0.363 e. The lowest BCUT2D eigenvalue weighted by molar-refractivity contribution is 0.102. The summed E-state index contributed by atoms with van der Waals surface area (Å²) in [5, 5.41) is 13.1. The lowest BCUT2D eigenvalue weighted by Gasteiger charge is -2.02. The van der Waals surface area contributed by atoms with Crippen molar-refractivity contribution in [2.75, 3.05) is 17.7 Å². The average Bonchev–Trinajstić information content (AvgIpc) is 2.82. The first kappa shape index (κ1) is 12.4. The first-order chi connectivity index (χ1) is 8.60.